The summed E-state index contributed by atoms with van der Waals surface area (Å²) in [5.41, 5.74) is 0. The molecule has 0 saturated carbocycles. The van der Waals surface area contributed by atoms with Gasteiger partial charge in [-0.25, -0.2) is 4.98 Å². The van der Waals surface area contributed by atoms with Crippen LogP contribution in [0.15, 0.2) is 12.3 Å². The van der Waals surface area contributed by atoms with E-state index in [1.807, 2.05) is 4.90 Å². The molecule has 0 bridgehead atoms. The predicted octanol–water partition coefficient (Wildman–Crippen LogP) is 0.392. The molecule has 0 spiro atoms. The molecule has 2 rings (SSSR count). The summed E-state index contributed by atoms with van der Waals surface area (Å²) in [5.74, 6) is 1.49. The van der Waals surface area contributed by atoms with Crippen molar-refractivity contribution in [3.63, 3.8) is 0 Å². The van der Waals surface area contributed by atoms with Crippen LogP contribution in [0.2, 0.25) is 0 Å². The molecule has 1 N–H and O–H groups in total. The van der Waals surface area contributed by atoms with E-state index in [9.17, 15) is 4.79 Å². The topological polar surface area (TPSA) is 76.6 Å². The maximum absolute atomic E-state index is 11.8. The second-order valence-corrected chi connectivity index (χ2v) is 4.71. The molecule has 1 fully saturated rings. The van der Waals surface area contributed by atoms with Crippen LogP contribution >= 0.6 is 0 Å². The lowest BCUT2D eigenvalue weighted by molar-refractivity contribution is -0.128. The van der Waals surface area contributed by atoms with E-state index in [2.05, 4.69) is 15.3 Å². The van der Waals surface area contributed by atoms with Gasteiger partial charge in [-0.2, -0.15) is 4.98 Å². The molecule has 0 unspecified atom stereocenters. The second-order valence-electron chi connectivity index (χ2n) is 4.71. The smallest absolute Gasteiger partial charge is 0.225 e. The maximum Gasteiger partial charge on any atom is 0.225 e. The number of carbonyl (C=O) groups is 1. The molecule has 1 amide bonds. The summed E-state index contributed by atoms with van der Waals surface area (Å²) in [5, 5.41) is 3.15. The Morgan fingerprint density at radius 3 is 3.10 bits per heavy atom. The number of nitrogens with zero attached hydrogens (tertiary/aromatic N) is 3. The Balaban J connectivity index is 1.81. The molecule has 1 saturated heterocycles. The van der Waals surface area contributed by atoms with Crippen molar-refractivity contribution in [1.82, 2.24) is 14.9 Å². The third-order valence-corrected chi connectivity index (χ3v) is 3.25. The molecule has 1 aromatic heterocycles. The number of ether oxygens (including phenoxy) is 2. The van der Waals surface area contributed by atoms with Gasteiger partial charge in [0.1, 0.15) is 0 Å². The monoisotopic (exact) mass is 280 g/mol. The number of aromatic nitrogens is 2. The highest BCUT2D eigenvalue weighted by Crippen LogP contribution is 2.18. The van der Waals surface area contributed by atoms with E-state index in [0.717, 1.165) is 6.54 Å². The Labute approximate surface area is 118 Å². The molecule has 110 valence electrons. The van der Waals surface area contributed by atoms with Gasteiger partial charge in [0, 0.05) is 51.3 Å². The van der Waals surface area contributed by atoms with Gasteiger partial charge < -0.3 is 19.7 Å². The van der Waals surface area contributed by atoms with Crippen molar-refractivity contribution in [3.05, 3.63) is 12.3 Å². The van der Waals surface area contributed by atoms with Crippen LogP contribution in [-0.4, -0.2) is 61.2 Å². The number of methoxy groups -OCH3 is 2. The molecule has 0 aliphatic carbocycles. The molecule has 2 heterocycles. The van der Waals surface area contributed by atoms with Gasteiger partial charge in [-0.1, -0.05) is 0 Å². The van der Waals surface area contributed by atoms with Gasteiger partial charge in [0.15, 0.2) is 0 Å². The van der Waals surface area contributed by atoms with Crippen LogP contribution in [0.4, 0.5) is 5.95 Å². The number of hydrogen-bond acceptors (Lipinski definition) is 6. The fourth-order valence-corrected chi connectivity index (χ4v) is 2.18. The third-order valence-electron chi connectivity index (χ3n) is 3.25. The van der Waals surface area contributed by atoms with Gasteiger partial charge in [0.2, 0.25) is 17.7 Å². The first-order chi connectivity index (χ1) is 9.72. The predicted molar refractivity (Wildman–Crippen MR) is 73.6 cm³/mol. The van der Waals surface area contributed by atoms with E-state index in [-0.39, 0.29) is 11.8 Å². The van der Waals surface area contributed by atoms with Crippen molar-refractivity contribution in [1.29, 1.82) is 0 Å². The molecule has 20 heavy (non-hydrogen) atoms. The van der Waals surface area contributed by atoms with E-state index in [4.69, 9.17) is 9.47 Å². The molecular formula is C13H20N4O3. The molecular weight excluding hydrogens is 260 g/mol. The lowest BCUT2D eigenvalue weighted by Crippen LogP contribution is -2.29. The maximum atomic E-state index is 11.8. The van der Waals surface area contributed by atoms with Gasteiger partial charge in [0.25, 0.3) is 0 Å². The van der Waals surface area contributed by atoms with Crippen LogP contribution < -0.4 is 10.1 Å². The highest BCUT2D eigenvalue weighted by atomic mass is 16.5. The van der Waals surface area contributed by atoms with Gasteiger partial charge in [-0.15, -0.1) is 0 Å². The van der Waals surface area contributed by atoms with Gasteiger partial charge in [0.05, 0.1) is 13.7 Å². The number of carbonyl (C=O) groups excluding carboxylic acids is 1. The normalized spacial score (nSPS) is 18.4. The lowest BCUT2D eigenvalue weighted by Gasteiger charge is -2.16. The molecule has 7 heteroatoms. The highest BCUT2D eigenvalue weighted by Gasteiger charge is 2.28. The molecule has 1 atom stereocenters. The molecule has 0 aromatic carbocycles. The van der Waals surface area contributed by atoms with Crippen LogP contribution in [0, 0.1) is 5.92 Å². The first-order valence-corrected chi connectivity index (χ1v) is 6.60. The van der Waals surface area contributed by atoms with Crippen molar-refractivity contribution in [2.45, 2.75) is 6.42 Å². The van der Waals surface area contributed by atoms with Crippen molar-refractivity contribution in [2.24, 2.45) is 5.92 Å². The minimum atomic E-state index is 0.181. The number of nitrogens with one attached hydrogen (secondary N) is 1. The summed E-state index contributed by atoms with van der Waals surface area (Å²) in [4.78, 5) is 21.9. The third kappa shape index (κ3) is 3.80. The number of anilines is 1. The molecule has 1 aromatic rings. The van der Waals surface area contributed by atoms with Crippen molar-refractivity contribution in [2.75, 3.05) is 45.8 Å². The number of rotatable bonds is 7. The lowest BCUT2D eigenvalue weighted by atomic mass is 10.1. The Morgan fingerprint density at radius 1 is 1.50 bits per heavy atom. The van der Waals surface area contributed by atoms with E-state index < -0.39 is 0 Å². The van der Waals surface area contributed by atoms with Gasteiger partial charge >= 0.3 is 0 Å². The quantitative estimate of drug-likeness (QED) is 0.778. The Hall–Kier alpha value is -1.89. The van der Waals surface area contributed by atoms with Gasteiger partial charge in [-0.05, 0) is 0 Å². The summed E-state index contributed by atoms with van der Waals surface area (Å²) in [6.07, 6.45) is 2.19. The van der Waals surface area contributed by atoms with Crippen molar-refractivity contribution >= 4 is 11.9 Å². The standard InChI is InChI=1S/C13H20N4O3/c1-19-6-5-17-9-10(7-12(17)18)8-15-13-14-4-3-11(16-13)20-2/h3-4,10H,5-9H2,1-2H3,(H,14,15,16)/t10-/m1/s1. The fourth-order valence-electron chi connectivity index (χ4n) is 2.18. The minimum Gasteiger partial charge on any atom is -0.481 e. The van der Waals surface area contributed by atoms with E-state index in [0.29, 0.717) is 37.9 Å². The SMILES string of the molecule is COCCN1C[C@@H](CNc2nccc(OC)n2)CC1=O. The largest absolute Gasteiger partial charge is 0.481 e. The first kappa shape index (κ1) is 14.5. The van der Waals surface area contributed by atoms with Gasteiger partial charge in [-0.3, -0.25) is 4.79 Å². The summed E-state index contributed by atoms with van der Waals surface area (Å²) < 4.78 is 10.0. The summed E-state index contributed by atoms with van der Waals surface area (Å²) in [6.45, 7) is 2.65. The van der Waals surface area contributed by atoms with E-state index in [1.54, 1.807) is 26.5 Å². The first-order valence-electron chi connectivity index (χ1n) is 6.60. The molecule has 1 aliphatic rings. The van der Waals surface area contributed by atoms with E-state index in [1.165, 1.54) is 0 Å². The van der Waals surface area contributed by atoms with Crippen LogP contribution in [0.25, 0.3) is 0 Å². The van der Waals surface area contributed by atoms with E-state index >= 15 is 0 Å². The average molecular weight is 280 g/mol. The minimum absolute atomic E-state index is 0.181. The number of hydrogen-bond donors (Lipinski definition) is 1. The van der Waals surface area contributed by atoms with Crippen LogP contribution in [0.3, 0.4) is 0 Å². The molecule has 7 nitrogen and oxygen atoms in total. The highest BCUT2D eigenvalue weighted by molar-refractivity contribution is 5.78. The zero-order chi connectivity index (χ0) is 14.4. The molecule has 0 radical (unpaired) electrons. The summed E-state index contributed by atoms with van der Waals surface area (Å²) >= 11 is 0. The Kier molecular flexibility index (Phi) is 5.11. The van der Waals surface area contributed by atoms with Crippen LogP contribution in [0.1, 0.15) is 6.42 Å². The Bertz CT molecular complexity index is 455. The summed E-state index contributed by atoms with van der Waals surface area (Å²) in [6, 6.07) is 1.69. The number of likely N-dealkylation sites (tertiary alicyclic amines) is 1. The zero-order valence-corrected chi connectivity index (χ0v) is 11.8. The second kappa shape index (κ2) is 7.04. The Morgan fingerprint density at radius 2 is 2.35 bits per heavy atom. The fraction of sp³-hybridized carbons (Fsp3) is 0.615. The van der Waals surface area contributed by atoms with Crippen molar-refractivity contribution in [3.8, 4) is 5.88 Å². The van der Waals surface area contributed by atoms with Crippen molar-refractivity contribution < 1.29 is 14.3 Å². The zero-order valence-electron chi connectivity index (χ0n) is 11.8. The summed E-state index contributed by atoms with van der Waals surface area (Å²) in [7, 11) is 3.20. The molecule has 1 aliphatic heterocycles. The number of amides is 1. The van der Waals surface area contributed by atoms with Crippen LogP contribution in [-0.2, 0) is 9.53 Å². The van der Waals surface area contributed by atoms with Crippen LogP contribution in [0.5, 0.6) is 5.88 Å². The average Bonchev–Trinajstić information content (AvgIpc) is 2.83.